The zero-order valence-electron chi connectivity index (χ0n) is 16.1. The smallest absolute Gasteiger partial charge is 0.322 e. The van der Waals surface area contributed by atoms with Crippen molar-refractivity contribution < 1.29 is 18.3 Å². The number of alkyl halides is 2. The first kappa shape index (κ1) is 19.4. The van der Waals surface area contributed by atoms with Crippen LogP contribution in [0.25, 0.3) is 16.9 Å². The van der Waals surface area contributed by atoms with Crippen LogP contribution in [0.1, 0.15) is 12.6 Å². The number of carbonyl (C=O) groups excluding carboxylic acids is 1. The molecule has 0 saturated carbocycles. The Morgan fingerprint density at radius 2 is 2.00 bits per heavy atom. The number of halogens is 2. The predicted molar refractivity (Wildman–Crippen MR) is 103 cm³/mol. The van der Waals surface area contributed by atoms with Crippen molar-refractivity contribution in [2.45, 2.75) is 19.5 Å². The van der Waals surface area contributed by atoms with E-state index in [1.807, 2.05) is 30.3 Å². The number of hydrogen-bond acceptors (Lipinski definition) is 6. The first-order chi connectivity index (χ1) is 14.3. The lowest BCUT2D eigenvalue weighted by Gasteiger charge is -2.12. The fraction of sp³-hybridized carbons (Fsp3) is 0.211. The molecule has 0 atom stereocenters. The molecule has 0 saturated heterocycles. The summed E-state index contributed by atoms with van der Waals surface area (Å²) in [4.78, 5) is 15.6. The fourth-order valence-electron chi connectivity index (χ4n) is 2.86. The molecule has 0 unspecified atom stereocenters. The van der Waals surface area contributed by atoms with Gasteiger partial charge in [-0.2, -0.15) is 8.78 Å². The number of carbonyl (C=O) groups is 1. The number of amides is 1. The Hall–Kier alpha value is -3.89. The van der Waals surface area contributed by atoms with Gasteiger partial charge in [0, 0.05) is 25.4 Å². The highest BCUT2D eigenvalue weighted by Crippen LogP contribution is 2.29. The third kappa shape index (κ3) is 3.81. The second kappa shape index (κ2) is 7.50. The van der Waals surface area contributed by atoms with E-state index >= 15 is 0 Å². The molecule has 0 radical (unpaired) electrons. The number of anilines is 1. The maximum Gasteiger partial charge on any atom is 0.322 e. The van der Waals surface area contributed by atoms with Gasteiger partial charge in [0.05, 0.1) is 11.2 Å². The van der Waals surface area contributed by atoms with Gasteiger partial charge in [0.2, 0.25) is 5.88 Å². The first-order valence-electron chi connectivity index (χ1n) is 8.94. The summed E-state index contributed by atoms with van der Waals surface area (Å²) in [5, 5.41) is 14.6. The summed E-state index contributed by atoms with van der Waals surface area (Å²) in [6.45, 7) is 0.559. The Labute approximate surface area is 169 Å². The maximum atomic E-state index is 13.1. The van der Waals surface area contributed by atoms with Crippen LogP contribution in [0.3, 0.4) is 0 Å². The number of aryl methyl sites for hydroxylation is 1. The van der Waals surface area contributed by atoms with E-state index in [0.717, 1.165) is 10.9 Å². The zero-order chi connectivity index (χ0) is 21.3. The molecule has 0 aliphatic rings. The van der Waals surface area contributed by atoms with Gasteiger partial charge in [0.15, 0.2) is 0 Å². The topological polar surface area (TPSA) is 99.8 Å². The molecule has 3 heterocycles. The van der Waals surface area contributed by atoms with Crippen molar-refractivity contribution in [3.8, 4) is 11.8 Å². The van der Waals surface area contributed by atoms with Gasteiger partial charge in [0.1, 0.15) is 12.4 Å². The van der Waals surface area contributed by atoms with E-state index in [4.69, 9.17) is 4.74 Å². The highest BCUT2D eigenvalue weighted by molar-refractivity contribution is 5.94. The number of fused-ring (bicyclic) bond motifs is 1. The average molecular weight is 413 g/mol. The lowest BCUT2D eigenvalue weighted by Crippen LogP contribution is -2.31. The van der Waals surface area contributed by atoms with Gasteiger partial charge in [0.25, 0.3) is 11.9 Å². The van der Waals surface area contributed by atoms with E-state index in [1.54, 1.807) is 23.7 Å². The van der Waals surface area contributed by atoms with Gasteiger partial charge in [-0.1, -0.05) is 29.4 Å². The van der Waals surface area contributed by atoms with E-state index < -0.39 is 11.8 Å². The minimum Gasteiger partial charge on any atom is -0.472 e. The minimum absolute atomic E-state index is 0.0145. The van der Waals surface area contributed by atoms with Gasteiger partial charge in [-0.15, -0.1) is 0 Å². The molecular weight excluding hydrogens is 396 g/mol. The summed E-state index contributed by atoms with van der Waals surface area (Å²) in [7, 11) is 1.71. The van der Waals surface area contributed by atoms with Crippen LogP contribution in [0.4, 0.5) is 14.6 Å². The van der Waals surface area contributed by atoms with Crippen molar-refractivity contribution in [3.05, 3.63) is 54.2 Å². The summed E-state index contributed by atoms with van der Waals surface area (Å²) < 4.78 is 35.4. The van der Waals surface area contributed by atoms with Gasteiger partial charge in [-0.3, -0.25) is 4.79 Å². The number of aromatic nitrogens is 6. The summed E-state index contributed by atoms with van der Waals surface area (Å²) in [6, 6.07) is 14.2. The molecule has 3 aromatic heterocycles. The van der Waals surface area contributed by atoms with Crippen LogP contribution in [-0.2, 0) is 18.4 Å². The molecule has 4 rings (SSSR count). The molecule has 11 heteroatoms. The van der Waals surface area contributed by atoms with Crippen molar-refractivity contribution in [2.24, 2.45) is 7.05 Å². The normalized spacial score (nSPS) is 11.6. The quantitative estimate of drug-likeness (QED) is 0.522. The maximum absolute atomic E-state index is 13.1. The summed E-state index contributed by atoms with van der Waals surface area (Å²) in [6.07, 6.45) is 0. The third-order valence-electron chi connectivity index (χ3n) is 4.29. The van der Waals surface area contributed by atoms with Gasteiger partial charge >= 0.3 is 5.92 Å². The van der Waals surface area contributed by atoms with Crippen LogP contribution in [-0.4, -0.2) is 41.6 Å². The van der Waals surface area contributed by atoms with E-state index in [-0.39, 0.29) is 12.4 Å². The minimum atomic E-state index is -3.50. The second-order valence-electron chi connectivity index (χ2n) is 6.62. The lowest BCUT2D eigenvalue weighted by atomic mass is 10.2. The SMILES string of the molecule is Cn1nnnc1-n1c(OCc2cccc(NC(=O)C(C)(F)F)n2)cc2ccccc21. The number of benzene rings is 1. The second-order valence-corrected chi connectivity index (χ2v) is 6.62. The molecule has 0 aliphatic heterocycles. The number of ether oxygens (including phenoxy) is 1. The van der Waals surface area contributed by atoms with Crippen LogP contribution in [0.5, 0.6) is 5.88 Å². The van der Waals surface area contributed by atoms with E-state index in [0.29, 0.717) is 24.4 Å². The first-order valence-corrected chi connectivity index (χ1v) is 8.94. The standard InChI is InChI=1S/C19H17F2N7O2/c1-19(20,21)17(29)23-15-9-5-7-13(22-15)11-30-16-10-12-6-3-4-8-14(12)28(16)18-24-25-26-27(18)2/h3-10H,11H2,1-2H3,(H,22,23,29). The predicted octanol–water partition coefficient (Wildman–Crippen LogP) is 2.72. The van der Waals surface area contributed by atoms with Gasteiger partial charge in [-0.05, 0) is 28.6 Å². The van der Waals surface area contributed by atoms with Crippen LogP contribution >= 0.6 is 0 Å². The van der Waals surface area contributed by atoms with Crippen LogP contribution < -0.4 is 10.1 Å². The molecule has 9 nitrogen and oxygen atoms in total. The molecule has 1 N–H and O–H groups in total. The van der Waals surface area contributed by atoms with Gasteiger partial charge < -0.3 is 10.1 Å². The van der Waals surface area contributed by atoms with E-state index in [9.17, 15) is 13.6 Å². The average Bonchev–Trinajstić information content (AvgIpc) is 3.28. The Morgan fingerprint density at radius 1 is 1.20 bits per heavy atom. The Balaban J connectivity index is 1.60. The zero-order valence-corrected chi connectivity index (χ0v) is 16.1. The van der Waals surface area contributed by atoms with Crippen LogP contribution in [0.15, 0.2) is 48.5 Å². The molecule has 30 heavy (non-hydrogen) atoms. The fourth-order valence-corrected chi connectivity index (χ4v) is 2.86. The molecule has 0 spiro atoms. The van der Waals surface area contributed by atoms with E-state index in [1.165, 1.54) is 10.7 Å². The number of nitrogens with one attached hydrogen (secondary N) is 1. The summed E-state index contributed by atoms with van der Waals surface area (Å²) >= 11 is 0. The Morgan fingerprint density at radius 3 is 2.73 bits per heavy atom. The number of hydrogen-bond donors (Lipinski definition) is 1. The molecule has 4 aromatic rings. The highest BCUT2D eigenvalue weighted by Gasteiger charge is 2.32. The number of rotatable bonds is 6. The third-order valence-corrected chi connectivity index (χ3v) is 4.29. The monoisotopic (exact) mass is 413 g/mol. The van der Waals surface area contributed by atoms with Crippen LogP contribution in [0.2, 0.25) is 0 Å². The highest BCUT2D eigenvalue weighted by atomic mass is 19.3. The number of nitrogens with zero attached hydrogens (tertiary/aromatic N) is 6. The largest absolute Gasteiger partial charge is 0.472 e. The summed E-state index contributed by atoms with van der Waals surface area (Å²) in [5.74, 6) is -3.97. The Kier molecular flexibility index (Phi) is 4.86. The molecule has 1 amide bonds. The molecule has 1 aromatic carbocycles. The van der Waals surface area contributed by atoms with Crippen molar-refractivity contribution in [1.82, 2.24) is 29.8 Å². The number of para-hydroxylation sites is 1. The van der Waals surface area contributed by atoms with E-state index in [2.05, 4.69) is 25.8 Å². The molecular formula is C19H17F2N7O2. The van der Waals surface area contributed by atoms with Gasteiger partial charge in [-0.25, -0.2) is 14.2 Å². The van der Waals surface area contributed by atoms with Crippen LogP contribution in [0, 0.1) is 0 Å². The molecule has 0 aliphatic carbocycles. The van der Waals surface area contributed by atoms with Crippen molar-refractivity contribution in [1.29, 1.82) is 0 Å². The molecule has 154 valence electrons. The molecule has 0 bridgehead atoms. The molecule has 0 fully saturated rings. The van der Waals surface area contributed by atoms with Crippen molar-refractivity contribution in [3.63, 3.8) is 0 Å². The summed E-state index contributed by atoms with van der Waals surface area (Å²) in [5.41, 5.74) is 1.30. The lowest BCUT2D eigenvalue weighted by molar-refractivity contribution is -0.137. The number of pyridine rings is 1. The van der Waals surface area contributed by atoms with Crippen molar-refractivity contribution in [2.75, 3.05) is 5.32 Å². The van der Waals surface area contributed by atoms with Crippen molar-refractivity contribution >= 4 is 22.6 Å². The Bertz CT molecular complexity index is 1210. The number of tetrazole rings is 1.